The van der Waals surface area contributed by atoms with Crippen LogP contribution in [0, 0.1) is 10.1 Å². The van der Waals surface area contributed by atoms with Crippen LogP contribution in [-0.2, 0) is 4.74 Å². The van der Waals surface area contributed by atoms with Crippen LogP contribution >= 0.6 is 11.6 Å². The summed E-state index contributed by atoms with van der Waals surface area (Å²) < 4.78 is 11.3. The second-order valence-electron chi connectivity index (χ2n) is 7.91. The summed E-state index contributed by atoms with van der Waals surface area (Å²) in [4.78, 5) is 36.0. The van der Waals surface area contributed by atoms with Crippen molar-refractivity contribution in [1.29, 1.82) is 0 Å². The van der Waals surface area contributed by atoms with Crippen LogP contribution in [0.15, 0.2) is 24.7 Å². The van der Waals surface area contributed by atoms with Crippen LogP contribution in [0.1, 0.15) is 33.6 Å². The number of aromatic nitrogens is 3. The third-order valence-corrected chi connectivity index (χ3v) is 4.62. The molecule has 0 spiro atoms. The Labute approximate surface area is 183 Å². The number of carbonyl (C=O) groups is 1. The predicted octanol–water partition coefficient (Wildman–Crippen LogP) is 3.96. The summed E-state index contributed by atoms with van der Waals surface area (Å²) in [6, 6.07) is 3.31. The Morgan fingerprint density at radius 1 is 1.26 bits per heavy atom. The van der Waals surface area contributed by atoms with Gasteiger partial charge >= 0.3 is 11.8 Å². The lowest BCUT2D eigenvalue weighted by atomic mass is 10.1. The molecule has 1 saturated heterocycles. The lowest BCUT2D eigenvalue weighted by Gasteiger charge is -2.33. The number of likely N-dealkylation sites (tertiary alicyclic amines) is 1. The average Bonchev–Trinajstić information content (AvgIpc) is 2.68. The van der Waals surface area contributed by atoms with E-state index in [0.717, 1.165) is 6.33 Å². The van der Waals surface area contributed by atoms with E-state index in [2.05, 4.69) is 20.3 Å². The van der Waals surface area contributed by atoms with Crippen molar-refractivity contribution in [2.45, 2.75) is 45.3 Å². The van der Waals surface area contributed by atoms with Gasteiger partial charge in [-0.25, -0.2) is 19.7 Å². The third kappa shape index (κ3) is 6.14. The number of ether oxygens (including phenoxy) is 2. The molecule has 1 N–H and O–H groups in total. The molecule has 3 heterocycles. The number of halogens is 1. The molecular weight excluding hydrogens is 428 g/mol. The number of carbonyl (C=O) groups excluding carboxylic acids is 1. The molecule has 0 bridgehead atoms. The van der Waals surface area contributed by atoms with E-state index in [9.17, 15) is 14.9 Å². The van der Waals surface area contributed by atoms with E-state index in [1.165, 1.54) is 6.20 Å². The topological polar surface area (TPSA) is 133 Å². The number of piperidine rings is 1. The highest BCUT2D eigenvalue weighted by atomic mass is 35.5. The number of anilines is 2. The predicted molar refractivity (Wildman–Crippen MR) is 113 cm³/mol. The number of rotatable bonds is 5. The number of hydrogen-bond donors (Lipinski definition) is 1. The smallest absolute Gasteiger partial charge is 0.410 e. The summed E-state index contributed by atoms with van der Waals surface area (Å²) in [5.74, 6) is 0.381. The van der Waals surface area contributed by atoms with Gasteiger partial charge in [0.25, 0.3) is 0 Å². The Morgan fingerprint density at radius 2 is 1.97 bits per heavy atom. The van der Waals surface area contributed by atoms with Crippen LogP contribution in [0.25, 0.3) is 0 Å². The quantitative estimate of drug-likeness (QED) is 0.408. The van der Waals surface area contributed by atoms with Gasteiger partial charge in [-0.1, -0.05) is 11.6 Å². The zero-order valence-electron chi connectivity index (χ0n) is 17.4. The molecule has 2 aromatic rings. The Kier molecular flexibility index (Phi) is 6.74. The highest BCUT2D eigenvalue weighted by Gasteiger charge is 2.28. The largest absolute Gasteiger partial charge is 0.474 e. The number of nitrogens with one attached hydrogen (secondary N) is 1. The number of nitrogens with zero attached hydrogens (tertiary/aromatic N) is 5. The Balaban J connectivity index is 1.55. The Bertz CT molecular complexity index is 942. The van der Waals surface area contributed by atoms with Gasteiger partial charge in [-0.2, -0.15) is 0 Å². The summed E-state index contributed by atoms with van der Waals surface area (Å²) in [5.41, 5.74) is -0.465. The van der Waals surface area contributed by atoms with Crippen LogP contribution < -0.4 is 10.1 Å². The molecule has 0 aliphatic carbocycles. The molecule has 12 heteroatoms. The highest BCUT2D eigenvalue weighted by Crippen LogP contribution is 2.30. The van der Waals surface area contributed by atoms with Crippen LogP contribution in [0.3, 0.4) is 0 Å². The average molecular weight is 451 g/mol. The minimum atomic E-state index is -0.654. The number of nitro groups is 1. The molecule has 0 aromatic carbocycles. The first-order valence-electron chi connectivity index (χ1n) is 9.65. The van der Waals surface area contributed by atoms with Crippen molar-refractivity contribution in [3.05, 3.63) is 39.9 Å². The number of amides is 1. The maximum atomic E-state index is 12.1. The molecule has 0 atom stereocenters. The Morgan fingerprint density at radius 3 is 2.55 bits per heavy atom. The molecule has 0 radical (unpaired) electrons. The lowest BCUT2D eigenvalue weighted by Crippen LogP contribution is -2.44. The highest BCUT2D eigenvalue weighted by molar-refractivity contribution is 6.31. The molecule has 1 fully saturated rings. The summed E-state index contributed by atoms with van der Waals surface area (Å²) in [7, 11) is 0. The summed E-state index contributed by atoms with van der Waals surface area (Å²) in [6.07, 6.45) is 3.53. The van der Waals surface area contributed by atoms with Crippen LogP contribution in [0.2, 0.25) is 5.15 Å². The normalized spacial score (nSPS) is 14.8. The third-order valence-electron chi connectivity index (χ3n) is 4.34. The van der Waals surface area contributed by atoms with Gasteiger partial charge in [0.2, 0.25) is 16.9 Å². The lowest BCUT2D eigenvalue weighted by molar-refractivity contribution is -0.384. The maximum Gasteiger partial charge on any atom is 0.410 e. The molecule has 1 amide bonds. The van der Waals surface area contributed by atoms with Crippen molar-refractivity contribution in [3.63, 3.8) is 0 Å². The van der Waals surface area contributed by atoms with Crippen molar-refractivity contribution in [2.24, 2.45) is 0 Å². The van der Waals surface area contributed by atoms with E-state index in [1.807, 2.05) is 20.8 Å². The van der Waals surface area contributed by atoms with Gasteiger partial charge in [0.05, 0.1) is 16.8 Å². The van der Waals surface area contributed by atoms with E-state index >= 15 is 0 Å². The van der Waals surface area contributed by atoms with Gasteiger partial charge in [0, 0.05) is 32.0 Å². The van der Waals surface area contributed by atoms with E-state index in [4.69, 9.17) is 21.1 Å². The van der Waals surface area contributed by atoms with Crippen LogP contribution in [0.4, 0.5) is 22.0 Å². The zero-order valence-corrected chi connectivity index (χ0v) is 18.1. The van der Waals surface area contributed by atoms with Crippen molar-refractivity contribution in [3.8, 4) is 5.88 Å². The van der Waals surface area contributed by atoms with Crippen LogP contribution in [-0.4, -0.2) is 55.7 Å². The van der Waals surface area contributed by atoms with Crippen molar-refractivity contribution in [1.82, 2.24) is 19.9 Å². The molecule has 2 aromatic heterocycles. The molecule has 166 valence electrons. The van der Waals surface area contributed by atoms with Crippen LogP contribution in [0.5, 0.6) is 5.88 Å². The van der Waals surface area contributed by atoms with Crippen molar-refractivity contribution < 1.29 is 19.2 Å². The number of hydrogen-bond acceptors (Lipinski definition) is 9. The second-order valence-corrected chi connectivity index (χ2v) is 8.27. The van der Waals surface area contributed by atoms with E-state index in [1.54, 1.807) is 17.0 Å². The van der Waals surface area contributed by atoms with Gasteiger partial charge in [-0.05, 0) is 26.8 Å². The molecule has 0 unspecified atom stereocenters. The number of pyridine rings is 1. The van der Waals surface area contributed by atoms with Gasteiger partial charge in [0.15, 0.2) is 0 Å². The van der Waals surface area contributed by atoms with Gasteiger partial charge in [-0.15, -0.1) is 0 Å². The monoisotopic (exact) mass is 450 g/mol. The fourth-order valence-corrected chi connectivity index (χ4v) is 3.13. The molecule has 31 heavy (non-hydrogen) atoms. The van der Waals surface area contributed by atoms with E-state index in [-0.39, 0.29) is 23.2 Å². The van der Waals surface area contributed by atoms with Gasteiger partial charge < -0.3 is 19.7 Å². The summed E-state index contributed by atoms with van der Waals surface area (Å²) in [5, 5.41) is 13.7. The zero-order chi connectivity index (χ0) is 22.6. The second kappa shape index (κ2) is 9.29. The maximum absolute atomic E-state index is 12.1. The van der Waals surface area contributed by atoms with E-state index in [0.29, 0.717) is 37.5 Å². The summed E-state index contributed by atoms with van der Waals surface area (Å²) in [6.45, 7) is 6.59. The standard InChI is InChI=1S/C19H23ClN6O5/c1-19(2,3)31-18(27)25-8-6-13(7-9-25)30-14-5-4-12(10-21-14)24-17-15(26(28)29)16(20)22-11-23-17/h4-5,10-11,13H,6-9H2,1-3H3,(H,22,23,24). The van der Waals surface area contributed by atoms with E-state index < -0.39 is 16.2 Å². The first-order chi connectivity index (χ1) is 14.6. The fraction of sp³-hybridized carbons (Fsp3) is 0.474. The van der Waals surface area contributed by atoms with Gasteiger partial charge in [-0.3, -0.25) is 10.1 Å². The summed E-state index contributed by atoms with van der Waals surface area (Å²) >= 11 is 5.78. The molecule has 11 nitrogen and oxygen atoms in total. The molecule has 0 saturated carbocycles. The minimum absolute atomic E-state index is 0.0324. The van der Waals surface area contributed by atoms with Crippen molar-refractivity contribution in [2.75, 3.05) is 18.4 Å². The fourth-order valence-electron chi connectivity index (χ4n) is 2.92. The first-order valence-corrected chi connectivity index (χ1v) is 10.0. The minimum Gasteiger partial charge on any atom is -0.474 e. The van der Waals surface area contributed by atoms with Gasteiger partial charge in [0.1, 0.15) is 18.0 Å². The molecular formula is C19H23ClN6O5. The van der Waals surface area contributed by atoms with Crippen molar-refractivity contribution >= 4 is 34.9 Å². The SMILES string of the molecule is CC(C)(C)OC(=O)N1CCC(Oc2ccc(Nc3ncnc(Cl)c3[N+](=O)[O-])cn2)CC1. The molecule has 3 rings (SSSR count). The Hall–Kier alpha value is -3.21. The first kappa shape index (κ1) is 22.5. The molecule has 1 aliphatic heterocycles. The molecule has 1 aliphatic rings.